The molecule has 0 saturated heterocycles. The molecule has 176 valence electrons. The number of hydrogen-bond acceptors (Lipinski definition) is 6. The van der Waals surface area contributed by atoms with Crippen LogP contribution in [0.2, 0.25) is 5.02 Å². The Hall–Kier alpha value is -3.30. The summed E-state index contributed by atoms with van der Waals surface area (Å²) in [6, 6.07) is 14.5. The maximum absolute atomic E-state index is 13.6. The summed E-state index contributed by atoms with van der Waals surface area (Å²) in [7, 11) is 1.59. The Labute approximate surface area is 205 Å². The smallest absolute Gasteiger partial charge is 0.280 e. The van der Waals surface area contributed by atoms with Crippen molar-refractivity contribution in [3.05, 3.63) is 75.2 Å². The number of carbonyl (C=O) groups is 1. The summed E-state index contributed by atoms with van der Waals surface area (Å²) < 4.78 is 8.71. The molecule has 1 amide bonds. The van der Waals surface area contributed by atoms with E-state index in [9.17, 15) is 9.59 Å². The first kappa shape index (κ1) is 23.8. The van der Waals surface area contributed by atoms with Gasteiger partial charge >= 0.3 is 0 Å². The highest BCUT2D eigenvalue weighted by Gasteiger charge is 2.20. The minimum Gasteiger partial charge on any atom is -0.496 e. The molecular weight excluding hydrogens is 474 g/mol. The fourth-order valence-electron chi connectivity index (χ4n) is 3.65. The second-order valence-electron chi connectivity index (χ2n) is 7.51. The van der Waals surface area contributed by atoms with Gasteiger partial charge in [0.15, 0.2) is 10.7 Å². The summed E-state index contributed by atoms with van der Waals surface area (Å²) in [5.41, 5.74) is 2.80. The van der Waals surface area contributed by atoms with E-state index in [-0.39, 0.29) is 23.8 Å². The van der Waals surface area contributed by atoms with Crippen LogP contribution in [0.25, 0.3) is 11.0 Å². The number of benzene rings is 2. The molecule has 4 rings (SSSR count). The van der Waals surface area contributed by atoms with Gasteiger partial charge in [-0.3, -0.25) is 18.8 Å². The van der Waals surface area contributed by atoms with Crippen molar-refractivity contribution in [1.82, 2.24) is 19.3 Å². The molecule has 2 aromatic carbocycles. The number of anilines is 1. The first-order chi connectivity index (χ1) is 16.4. The van der Waals surface area contributed by atoms with Crippen molar-refractivity contribution in [3.8, 4) is 5.75 Å². The third-order valence-electron chi connectivity index (χ3n) is 5.28. The van der Waals surface area contributed by atoms with Gasteiger partial charge in [-0.25, -0.2) is 4.98 Å². The third kappa shape index (κ3) is 4.80. The van der Waals surface area contributed by atoms with Crippen molar-refractivity contribution in [3.63, 3.8) is 0 Å². The summed E-state index contributed by atoms with van der Waals surface area (Å²) in [6.45, 7) is 4.54. The van der Waals surface area contributed by atoms with Gasteiger partial charge in [-0.2, -0.15) is 5.10 Å². The summed E-state index contributed by atoms with van der Waals surface area (Å²) in [4.78, 5) is 31.0. The number of amides is 1. The molecule has 0 aliphatic carbocycles. The van der Waals surface area contributed by atoms with Gasteiger partial charge in [0.2, 0.25) is 5.91 Å². The third-order valence-corrected chi connectivity index (χ3v) is 6.59. The summed E-state index contributed by atoms with van der Waals surface area (Å²) >= 11 is 7.34. The maximum atomic E-state index is 13.6. The number of methoxy groups -OCH3 is 1. The zero-order valence-corrected chi connectivity index (χ0v) is 20.6. The quantitative estimate of drug-likeness (QED) is 0.287. The standard InChI is InChI=1S/C24H24ClN5O3S/c1-4-30-22-21(15(2)28-30)27-24(34-14-20(31)26-18-11-7-6-10-17(18)25)29(23(22)32)13-16-9-5-8-12-19(16)33-3/h5-12H,4,13-14H2,1-3H3,(H,26,31). The van der Waals surface area contributed by atoms with E-state index in [1.54, 1.807) is 40.6 Å². The Balaban J connectivity index is 1.71. The number of fused-ring (bicyclic) bond motifs is 1. The van der Waals surface area contributed by atoms with Gasteiger partial charge in [-0.05, 0) is 32.0 Å². The minimum atomic E-state index is -0.253. The van der Waals surface area contributed by atoms with E-state index in [0.29, 0.717) is 44.9 Å². The van der Waals surface area contributed by atoms with Crippen LogP contribution in [0, 0.1) is 6.92 Å². The molecule has 4 aromatic rings. The van der Waals surface area contributed by atoms with Crippen molar-refractivity contribution in [1.29, 1.82) is 0 Å². The highest BCUT2D eigenvalue weighted by Crippen LogP contribution is 2.25. The van der Waals surface area contributed by atoms with Crippen LogP contribution in [0.15, 0.2) is 58.5 Å². The van der Waals surface area contributed by atoms with Crippen LogP contribution in [-0.2, 0) is 17.9 Å². The largest absolute Gasteiger partial charge is 0.496 e. The number of para-hydroxylation sites is 2. The zero-order chi connectivity index (χ0) is 24.2. The molecule has 0 bridgehead atoms. The number of rotatable bonds is 8. The van der Waals surface area contributed by atoms with Gasteiger partial charge < -0.3 is 10.1 Å². The van der Waals surface area contributed by atoms with Gasteiger partial charge in [0.1, 0.15) is 11.3 Å². The average molecular weight is 498 g/mol. The second kappa shape index (κ2) is 10.3. The van der Waals surface area contributed by atoms with E-state index in [1.165, 1.54) is 11.8 Å². The summed E-state index contributed by atoms with van der Waals surface area (Å²) in [6.07, 6.45) is 0. The second-order valence-corrected chi connectivity index (χ2v) is 8.86. The Bertz CT molecular complexity index is 1420. The predicted octanol–water partition coefficient (Wildman–Crippen LogP) is 4.36. The van der Waals surface area contributed by atoms with Gasteiger partial charge in [-0.1, -0.05) is 53.7 Å². The number of aromatic nitrogens is 4. The molecule has 2 heterocycles. The molecular formula is C24H24ClN5O3S. The van der Waals surface area contributed by atoms with E-state index in [1.807, 2.05) is 38.1 Å². The average Bonchev–Trinajstić information content (AvgIpc) is 3.17. The van der Waals surface area contributed by atoms with Crippen LogP contribution in [0.1, 0.15) is 18.2 Å². The lowest BCUT2D eigenvalue weighted by Crippen LogP contribution is -2.26. The lowest BCUT2D eigenvalue weighted by atomic mass is 10.2. The van der Waals surface area contributed by atoms with E-state index >= 15 is 0 Å². The van der Waals surface area contributed by atoms with E-state index in [2.05, 4.69) is 10.4 Å². The van der Waals surface area contributed by atoms with Crippen LogP contribution in [-0.4, -0.2) is 38.1 Å². The Kier molecular flexibility index (Phi) is 7.23. The molecule has 1 N–H and O–H groups in total. The fraction of sp³-hybridized carbons (Fsp3) is 0.250. The molecule has 0 aliphatic rings. The lowest BCUT2D eigenvalue weighted by Gasteiger charge is -2.15. The van der Waals surface area contributed by atoms with E-state index in [4.69, 9.17) is 21.3 Å². The molecule has 34 heavy (non-hydrogen) atoms. The Morgan fingerprint density at radius 2 is 1.91 bits per heavy atom. The number of hydrogen-bond donors (Lipinski definition) is 1. The van der Waals surface area contributed by atoms with Crippen molar-refractivity contribution in [2.45, 2.75) is 32.1 Å². The molecule has 0 radical (unpaired) electrons. The highest BCUT2D eigenvalue weighted by atomic mass is 35.5. The topological polar surface area (TPSA) is 91.0 Å². The fourth-order valence-corrected chi connectivity index (χ4v) is 4.62. The van der Waals surface area contributed by atoms with Gasteiger partial charge in [0.25, 0.3) is 5.56 Å². The van der Waals surface area contributed by atoms with Crippen LogP contribution < -0.4 is 15.6 Å². The molecule has 0 fully saturated rings. The first-order valence-corrected chi connectivity index (χ1v) is 12.1. The summed E-state index contributed by atoms with van der Waals surface area (Å²) in [5, 5.41) is 8.15. The number of halogens is 1. The van der Waals surface area contributed by atoms with Gasteiger partial charge in [-0.15, -0.1) is 0 Å². The van der Waals surface area contributed by atoms with Crippen molar-refractivity contribution in [2.75, 3.05) is 18.2 Å². The van der Waals surface area contributed by atoms with Gasteiger partial charge in [0, 0.05) is 12.1 Å². The number of nitrogens with zero attached hydrogens (tertiary/aromatic N) is 4. The minimum absolute atomic E-state index is 0.0516. The van der Waals surface area contributed by atoms with Crippen molar-refractivity contribution in [2.24, 2.45) is 0 Å². The Morgan fingerprint density at radius 1 is 1.18 bits per heavy atom. The van der Waals surface area contributed by atoms with Crippen LogP contribution in [0.4, 0.5) is 5.69 Å². The lowest BCUT2D eigenvalue weighted by molar-refractivity contribution is -0.113. The Morgan fingerprint density at radius 3 is 2.65 bits per heavy atom. The number of ether oxygens (including phenoxy) is 1. The number of nitrogens with one attached hydrogen (secondary N) is 1. The molecule has 10 heteroatoms. The number of thioether (sulfide) groups is 1. The first-order valence-electron chi connectivity index (χ1n) is 10.7. The van der Waals surface area contributed by atoms with E-state index < -0.39 is 0 Å². The van der Waals surface area contributed by atoms with Crippen molar-refractivity contribution < 1.29 is 9.53 Å². The molecule has 0 unspecified atom stereocenters. The monoisotopic (exact) mass is 497 g/mol. The predicted molar refractivity (Wildman–Crippen MR) is 135 cm³/mol. The number of carbonyl (C=O) groups excluding carboxylic acids is 1. The highest BCUT2D eigenvalue weighted by molar-refractivity contribution is 7.99. The van der Waals surface area contributed by atoms with Crippen LogP contribution in [0.5, 0.6) is 5.75 Å². The molecule has 0 saturated carbocycles. The normalized spacial score (nSPS) is 11.1. The zero-order valence-electron chi connectivity index (χ0n) is 19.0. The number of aryl methyl sites for hydroxylation is 2. The maximum Gasteiger partial charge on any atom is 0.280 e. The molecule has 8 nitrogen and oxygen atoms in total. The van der Waals surface area contributed by atoms with Crippen LogP contribution in [0.3, 0.4) is 0 Å². The molecule has 0 spiro atoms. The van der Waals surface area contributed by atoms with E-state index in [0.717, 1.165) is 5.56 Å². The van der Waals surface area contributed by atoms with Crippen LogP contribution >= 0.6 is 23.4 Å². The molecule has 0 aliphatic heterocycles. The molecule has 2 aromatic heterocycles. The van der Waals surface area contributed by atoms with Crippen molar-refractivity contribution >= 4 is 46.0 Å². The SMILES string of the molecule is CCn1nc(C)c2nc(SCC(=O)Nc3ccccc3Cl)n(Cc3ccccc3OC)c(=O)c21. The summed E-state index contributed by atoms with van der Waals surface area (Å²) in [5.74, 6) is 0.468. The van der Waals surface area contributed by atoms with Gasteiger partial charge in [0.05, 0.1) is 35.8 Å². The molecule has 0 atom stereocenters.